The monoisotopic (exact) mass is 441 g/mol. The molecule has 1 aliphatic rings. The number of aryl methyl sites for hydroxylation is 1. The maximum atomic E-state index is 12.8. The van der Waals surface area contributed by atoms with Crippen molar-refractivity contribution in [3.8, 4) is 0 Å². The molecule has 1 atom stereocenters. The summed E-state index contributed by atoms with van der Waals surface area (Å²) in [6, 6.07) is 2.79. The Morgan fingerprint density at radius 2 is 2.03 bits per heavy atom. The third-order valence-corrected chi connectivity index (χ3v) is 5.13. The predicted molar refractivity (Wildman–Crippen MR) is 114 cm³/mol. The fraction of sp³-hybridized carbons (Fsp3) is 0.700. The molecular formula is C20H32ClN5O4. The van der Waals surface area contributed by atoms with Crippen molar-refractivity contribution >= 4 is 23.6 Å². The van der Waals surface area contributed by atoms with E-state index in [0.717, 1.165) is 25.9 Å². The number of aromatic nitrogens is 2. The van der Waals surface area contributed by atoms with Gasteiger partial charge in [0.15, 0.2) is 0 Å². The second-order valence-corrected chi connectivity index (χ2v) is 8.67. The van der Waals surface area contributed by atoms with E-state index in [-0.39, 0.29) is 42.4 Å². The first-order valence-corrected chi connectivity index (χ1v) is 10.7. The topological polar surface area (TPSA) is 106 Å². The molecule has 0 radical (unpaired) electrons. The van der Waals surface area contributed by atoms with Crippen molar-refractivity contribution in [2.24, 2.45) is 13.0 Å². The van der Waals surface area contributed by atoms with Gasteiger partial charge in [-0.15, -0.1) is 11.6 Å². The number of carbonyl (C=O) groups is 2. The first-order chi connectivity index (χ1) is 14.1. The predicted octanol–water partition coefficient (Wildman–Crippen LogP) is 1.41. The Bertz CT molecular complexity index is 786. The van der Waals surface area contributed by atoms with Gasteiger partial charge in [0.1, 0.15) is 11.5 Å². The Balaban J connectivity index is 2.24. The van der Waals surface area contributed by atoms with Gasteiger partial charge in [-0.25, -0.2) is 9.48 Å². The van der Waals surface area contributed by atoms with Crippen LogP contribution < -0.4 is 16.2 Å². The molecule has 10 heteroatoms. The van der Waals surface area contributed by atoms with Gasteiger partial charge in [0, 0.05) is 26.2 Å². The number of nitrogens with one attached hydrogen (secondary N) is 2. The SMILES string of the molecule is Cn1nc(C(C2CCNCC2)N(CCNC(=O)OC(C)(C)C)C(=O)CCl)ccc1=O. The van der Waals surface area contributed by atoms with E-state index in [4.69, 9.17) is 16.3 Å². The second kappa shape index (κ2) is 10.8. The van der Waals surface area contributed by atoms with Gasteiger partial charge < -0.3 is 20.3 Å². The molecule has 9 nitrogen and oxygen atoms in total. The zero-order valence-electron chi connectivity index (χ0n) is 18.1. The number of alkyl carbamates (subject to hydrolysis) is 1. The number of halogens is 1. The molecule has 0 bridgehead atoms. The molecule has 2 N–H and O–H groups in total. The largest absolute Gasteiger partial charge is 0.444 e. The van der Waals surface area contributed by atoms with E-state index in [9.17, 15) is 14.4 Å². The van der Waals surface area contributed by atoms with Crippen LogP contribution in [0.1, 0.15) is 45.3 Å². The van der Waals surface area contributed by atoms with Crippen LogP contribution >= 0.6 is 11.6 Å². The third-order valence-electron chi connectivity index (χ3n) is 4.91. The number of nitrogens with zero attached hydrogens (tertiary/aromatic N) is 3. The molecule has 1 fully saturated rings. The minimum absolute atomic E-state index is 0.157. The molecule has 0 aliphatic carbocycles. The van der Waals surface area contributed by atoms with Crippen molar-refractivity contribution in [2.45, 2.75) is 45.3 Å². The molecule has 1 aliphatic heterocycles. The first-order valence-electron chi connectivity index (χ1n) is 10.2. The highest BCUT2D eigenvalue weighted by Crippen LogP contribution is 2.33. The molecule has 2 amide bonds. The third kappa shape index (κ3) is 6.98. The average Bonchev–Trinajstić information content (AvgIpc) is 2.68. The molecule has 2 rings (SSSR count). The van der Waals surface area contributed by atoms with Crippen molar-refractivity contribution < 1.29 is 14.3 Å². The van der Waals surface area contributed by atoms with E-state index in [2.05, 4.69) is 15.7 Å². The van der Waals surface area contributed by atoms with Crippen molar-refractivity contribution in [2.75, 3.05) is 32.1 Å². The number of amides is 2. The number of hydrogen-bond acceptors (Lipinski definition) is 6. The van der Waals surface area contributed by atoms with Crippen LogP contribution in [0.3, 0.4) is 0 Å². The molecular weight excluding hydrogens is 410 g/mol. The van der Waals surface area contributed by atoms with Gasteiger partial charge >= 0.3 is 6.09 Å². The van der Waals surface area contributed by atoms with Crippen LogP contribution in [-0.2, 0) is 16.6 Å². The van der Waals surface area contributed by atoms with Crippen LogP contribution in [0.5, 0.6) is 0 Å². The lowest BCUT2D eigenvalue weighted by Crippen LogP contribution is -2.46. The van der Waals surface area contributed by atoms with Crippen molar-refractivity contribution in [1.82, 2.24) is 25.3 Å². The zero-order chi connectivity index (χ0) is 22.3. The van der Waals surface area contributed by atoms with Gasteiger partial charge in [0.05, 0.1) is 11.7 Å². The van der Waals surface area contributed by atoms with Gasteiger partial charge in [-0.2, -0.15) is 5.10 Å². The van der Waals surface area contributed by atoms with E-state index < -0.39 is 11.7 Å². The summed E-state index contributed by atoms with van der Waals surface area (Å²) in [5.74, 6) is -0.272. The van der Waals surface area contributed by atoms with Gasteiger partial charge in [-0.3, -0.25) is 9.59 Å². The van der Waals surface area contributed by atoms with Crippen LogP contribution in [0.4, 0.5) is 4.79 Å². The fourth-order valence-electron chi connectivity index (χ4n) is 3.58. The number of alkyl halides is 1. The quantitative estimate of drug-likeness (QED) is 0.620. The Morgan fingerprint density at radius 1 is 1.37 bits per heavy atom. The first kappa shape index (κ1) is 24.1. The lowest BCUT2D eigenvalue weighted by atomic mass is 9.87. The lowest BCUT2D eigenvalue weighted by Gasteiger charge is -2.38. The van der Waals surface area contributed by atoms with Crippen LogP contribution in [0.25, 0.3) is 0 Å². The van der Waals surface area contributed by atoms with E-state index in [1.807, 2.05) is 0 Å². The molecule has 1 aromatic heterocycles. The minimum Gasteiger partial charge on any atom is -0.444 e. The van der Waals surface area contributed by atoms with E-state index in [0.29, 0.717) is 5.69 Å². The van der Waals surface area contributed by atoms with E-state index in [1.54, 1.807) is 38.8 Å². The molecule has 1 aromatic rings. The Hall–Kier alpha value is -2.13. The van der Waals surface area contributed by atoms with Gasteiger partial charge in [-0.05, 0) is 58.7 Å². The molecule has 2 heterocycles. The number of piperidine rings is 1. The molecule has 1 saturated heterocycles. The summed E-state index contributed by atoms with van der Waals surface area (Å²) < 4.78 is 6.53. The molecule has 1 unspecified atom stereocenters. The number of carbonyl (C=O) groups excluding carboxylic acids is 2. The lowest BCUT2D eigenvalue weighted by molar-refractivity contribution is -0.132. The maximum Gasteiger partial charge on any atom is 0.407 e. The average molecular weight is 442 g/mol. The standard InChI is InChI=1S/C20H32ClN5O4/c1-20(2,3)30-19(29)23-11-12-26(17(28)13-21)18(14-7-9-22-10-8-14)15-5-6-16(27)25(4)24-15/h5-6,14,18,22H,7-13H2,1-4H3,(H,23,29). The number of ether oxygens (including phenoxy) is 1. The molecule has 0 spiro atoms. The summed E-state index contributed by atoms with van der Waals surface area (Å²) in [5, 5.41) is 10.4. The number of hydrogen-bond donors (Lipinski definition) is 2. The van der Waals surface area contributed by atoms with Gasteiger partial charge in [-0.1, -0.05) is 0 Å². The summed E-state index contributed by atoms with van der Waals surface area (Å²) in [7, 11) is 1.59. The van der Waals surface area contributed by atoms with E-state index >= 15 is 0 Å². The second-order valence-electron chi connectivity index (χ2n) is 8.40. The Morgan fingerprint density at radius 3 is 2.60 bits per heavy atom. The summed E-state index contributed by atoms with van der Waals surface area (Å²) in [5.41, 5.74) is -0.184. The molecule has 0 saturated carbocycles. The highest BCUT2D eigenvalue weighted by molar-refractivity contribution is 6.27. The summed E-state index contributed by atoms with van der Waals surface area (Å²) in [6.45, 7) is 7.50. The van der Waals surface area contributed by atoms with Gasteiger partial charge in [0.2, 0.25) is 5.91 Å². The highest BCUT2D eigenvalue weighted by Gasteiger charge is 2.34. The maximum absolute atomic E-state index is 12.8. The van der Waals surface area contributed by atoms with Crippen LogP contribution in [0.2, 0.25) is 0 Å². The fourth-order valence-corrected chi connectivity index (χ4v) is 3.74. The summed E-state index contributed by atoms with van der Waals surface area (Å²) >= 11 is 5.91. The molecule has 168 valence electrons. The van der Waals surface area contributed by atoms with Crippen LogP contribution in [0, 0.1) is 5.92 Å². The number of rotatable bonds is 7. The van der Waals surface area contributed by atoms with E-state index in [1.165, 1.54) is 10.7 Å². The smallest absolute Gasteiger partial charge is 0.407 e. The van der Waals surface area contributed by atoms with Crippen molar-refractivity contribution in [3.63, 3.8) is 0 Å². The van der Waals surface area contributed by atoms with Crippen LogP contribution in [-0.4, -0.2) is 64.3 Å². The normalized spacial score (nSPS) is 16.0. The zero-order valence-corrected chi connectivity index (χ0v) is 18.9. The Labute approximate surface area is 182 Å². The summed E-state index contributed by atoms with van der Waals surface area (Å²) in [6.07, 6.45) is 1.18. The molecule has 30 heavy (non-hydrogen) atoms. The van der Waals surface area contributed by atoms with Crippen LogP contribution in [0.15, 0.2) is 16.9 Å². The van der Waals surface area contributed by atoms with Crippen molar-refractivity contribution in [3.05, 3.63) is 28.2 Å². The summed E-state index contributed by atoms with van der Waals surface area (Å²) in [4.78, 5) is 38.2. The minimum atomic E-state index is -0.605. The Kier molecular flexibility index (Phi) is 8.66. The van der Waals surface area contributed by atoms with Gasteiger partial charge in [0.25, 0.3) is 5.56 Å². The molecule has 0 aromatic carbocycles. The highest BCUT2D eigenvalue weighted by atomic mass is 35.5. The van der Waals surface area contributed by atoms with Crippen molar-refractivity contribution in [1.29, 1.82) is 0 Å².